The van der Waals surface area contributed by atoms with E-state index in [0.29, 0.717) is 22.6 Å². The van der Waals surface area contributed by atoms with E-state index in [-0.39, 0.29) is 18.1 Å². The Morgan fingerprint density at radius 3 is 2.24 bits per heavy atom. The summed E-state index contributed by atoms with van der Waals surface area (Å²) in [5.41, 5.74) is 1.51. The van der Waals surface area contributed by atoms with Crippen LogP contribution >= 0.6 is 11.8 Å². The Hall–Kier alpha value is -3.25. The van der Waals surface area contributed by atoms with Crippen molar-refractivity contribution in [3.05, 3.63) is 95.7 Å². The van der Waals surface area contributed by atoms with Crippen LogP contribution in [0.4, 0.5) is 0 Å². The summed E-state index contributed by atoms with van der Waals surface area (Å²) in [6, 6.07) is 19.9. The number of aromatic nitrogens is 1. The topological polar surface area (TPSA) is 137 Å². The second-order valence-corrected chi connectivity index (χ2v) is 13.7. The van der Waals surface area contributed by atoms with Gasteiger partial charge in [-0.2, -0.15) is 0 Å². The molecule has 220 valence electrons. The maximum absolute atomic E-state index is 13.5. The number of aliphatic hydroxyl groups is 1. The maximum atomic E-state index is 13.5. The number of hydrogen-bond acceptors (Lipinski definition) is 7. The lowest BCUT2D eigenvalue weighted by Crippen LogP contribution is -2.54. The SMILES string of the molecule is CC(C)(C)NC(=O)c1ccccc1C[C@@H](O)[C@H](Cc1ccccc1)NC(=O)[C@@H](CSc1ccccn1)NS(C)(=O)=O. The highest BCUT2D eigenvalue weighted by atomic mass is 32.2. The maximum Gasteiger partial charge on any atom is 0.251 e. The van der Waals surface area contributed by atoms with E-state index in [2.05, 4.69) is 20.3 Å². The quantitative estimate of drug-likeness (QED) is 0.222. The Morgan fingerprint density at radius 1 is 0.951 bits per heavy atom. The summed E-state index contributed by atoms with van der Waals surface area (Å²) in [6.45, 7) is 5.67. The molecule has 9 nitrogen and oxygen atoms in total. The average Bonchev–Trinajstić information content (AvgIpc) is 2.90. The molecule has 0 spiro atoms. The molecule has 1 heterocycles. The van der Waals surface area contributed by atoms with Gasteiger partial charge in [0.05, 0.1) is 23.4 Å². The van der Waals surface area contributed by atoms with Gasteiger partial charge in [-0.15, -0.1) is 11.8 Å². The molecule has 3 rings (SSSR count). The summed E-state index contributed by atoms with van der Waals surface area (Å²) >= 11 is 1.24. The van der Waals surface area contributed by atoms with E-state index in [1.54, 1.807) is 48.7 Å². The summed E-state index contributed by atoms with van der Waals surface area (Å²) < 4.78 is 26.6. The fourth-order valence-corrected chi connectivity index (χ4v) is 5.85. The monoisotopic (exact) mass is 598 g/mol. The van der Waals surface area contributed by atoms with Crippen molar-refractivity contribution in [2.24, 2.45) is 0 Å². The van der Waals surface area contributed by atoms with Gasteiger partial charge in [0.15, 0.2) is 0 Å². The van der Waals surface area contributed by atoms with Crippen LogP contribution in [0.1, 0.15) is 42.3 Å². The van der Waals surface area contributed by atoms with Crippen molar-refractivity contribution in [3.8, 4) is 0 Å². The molecular weight excluding hydrogens is 560 g/mol. The normalized spacial score (nSPS) is 14.1. The first kappa shape index (κ1) is 32.3. The van der Waals surface area contributed by atoms with Gasteiger partial charge < -0.3 is 15.7 Å². The fourth-order valence-electron chi connectivity index (χ4n) is 4.15. The first-order valence-corrected chi connectivity index (χ1v) is 16.1. The van der Waals surface area contributed by atoms with Gasteiger partial charge in [0.25, 0.3) is 5.91 Å². The Bertz CT molecular complexity index is 1400. The molecule has 0 aliphatic rings. The number of rotatable bonds is 13. The number of nitrogens with zero attached hydrogens (tertiary/aromatic N) is 1. The zero-order valence-corrected chi connectivity index (χ0v) is 25.3. The minimum Gasteiger partial charge on any atom is -0.391 e. The van der Waals surface area contributed by atoms with Gasteiger partial charge in [0.2, 0.25) is 15.9 Å². The summed E-state index contributed by atoms with van der Waals surface area (Å²) in [5.74, 6) is -0.731. The summed E-state index contributed by atoms with van der Waals surface area (Å²) in [5, 5.41) is 17.9. The van der Waals surface area contributed by atoms with E-state index < -0.39 is 39.7 Å². The molecule has 0 aliphatic heterocycles. The third kappa shape index (κ3) is 11.3. The van der Waals surface area contributed by atoms with Crippen molar-refractivity contribution in [2.45, 2.75) is 62.4 Å². The molecule has 11 heteroatoms. The van der Waals surface area contributed by atoms with Crippen LogP contribution in [-0.4, -0.2) is 66.1 Å². The Balaban J connectivity index is 1.84. The molecule has 3 atom stereocenters. The molecule has 0 aliphatic carbocycles. The number of amides is 2. The number of carbonyl (C=O) groups excluding carboxylic acids is 2. The minimum absolute atomic E-state index is 0.0956. The molecule has 2 amide bonds. The molecule has 41 heavy (non-hydrogen) atoms. The number of pyridine rings is 1. The smallest absolute Gasteiger partial charge is 0.251 e. The molecule has 2 aromatic carbocycles. The van der Waals surface area contributed by atoms with Crippen LogP contribution in [0.15, 0.2) is 84.0 Å². The van der Waals surface area contributed by atoms with E-state index in [0.717, 1.165) is 11.8 Å². The van der Waals surface area contributed by atoms with E-state index in [1.165, 1.54) is 11.8 Å². The standard InChI is InChI=1S/C30H38N4O5S2/c1-30(2,3)33-28(36)23-15-9-8-14-22(23)19-26(35)24(18-21-12-6-5-7-13-21)32-29(37)25(34-41(4,38)39)20-40-27-16-10-11-17-31-27/h5-17,24-26,34-35H,18-20H2,1-4H3,(H,32,37)(H,33,36)/t24-,25+,26+/m0/s1. The van der Waals surface area contributed by atoms with Gasteiger partial charge in [-0.1, -0.05) is 54.6 Å². The highest BCUT2D eigenvalue weighted by Crippen LogP contribution is 2.18. The Labute approximate surface area is 246 Å². The fraction of sp³-hybridized carbons (Fsp3) is 0.367. The van der Waals surface area contributed by atoms with E-state index in [1.807, 2.05) is 51.1 Å². The molecule has 0 fully saturated rings. The summed E-state index contributed by atoms with van der Waals surface area (Å²) in [7, 11) is -3.72. The Morgan fingerprint density at radius 2 is 1.61 bits per heavy atom. The molecule has 0 saturated heterocycles. The van der Waals surface area contributed by atoms with Crippen LogP contribution in [0.3, 0.4) is 0 Å². The number of aliphatic hydroxyl groups excluding tert-OH is 1. The van der Waals surface area contributed by atoms with Crippen molar-refractivity contribution in [3.63, 3.8) is 0 Å². The second-order valence-electron chi connectivity index (χ2n) is 10.9. The largest absolute Gasteiger partial charge is 0.391 e. The summed E-state index contributed by atoms with van der Waals surface area (Å²) in [6.07, 6.45) is 1.92. The molecule has 0 saturated carbocycles. The number of carbonyl (C=O) groups is 2. The van der Waals surface area contributed by atoms with Gasteiger partial charge in [-0.3, -0.25) is 9.59 Å². The van der Waals surface area contributed by atoms with Crippen LogP contribution in [0.2, 0.25) is 0 Å². The van der Waals surface area contributed by atoms with Gasteiger partial charge in [0, 0.05) is 29.5 Å². The van der Waals surface area contributed by atoms with Crippen molar-refractivity contribution >= 4 is 33.6 Å². The van der Waals surface area contributed by atoms with Crippen LogP contribution in [-0.2, 0) is 27.7 Å². The number of hydrogen-bond donors (Lipinski definition) is 4. The van der Waals surface area contributed by atoms with Crippen molar-refractivity contribution in [1.82, 2.24) is 20.3 Å². The van der Waals surface area contributed by atoms with Crippen LogP contribution in [0.5, 0.6) is 0 Å². The number of sulfonamides is 1. The first-order valence-electron chi connectivity index (χ1n) is 13.2. The summed E-state index contributed by atoms with van der Waals surface area (Å²) in [4.78, 5) is 30.7. The van der Waals surface area contributed by atoms with Crippen LogP contribution in [0, 0.1) is 0 Å². The predicted molar refractivity (Wildman–Crippen MR) is 162 cm³/mol. The highest BCUT2D eigenvalue weighted by molar-refractivity contribution is 7.99. The van der Waals surface area contributed by atoms with Gasteiger partial charge in [-0.05, 0) is 56.5 Å². The van der Waals surface area contributed by atoms with Crippen LogP contribution < -0.4 is 15.4 Å². The zero-order valence-electron chi connectivity index (χ0n) is 23.7. The molecule has 0 unspecified atom stereocenters. The molecule has 3 aromatic rings. The second kappa shape index (κ2) is 14.6. The van der Waals surface area contributed by atoms with Gasteiger partial charge >= 0.3 is 0 Å². The molecule has 1 aromatic heterocycles. The number of thioether (sulfide) groups is 1. The zero-order chi connectivity index (χ0) is 30.0. The van der Waals surface area contributed by atoms with Gasteiger partial charge in [0.1, 0.15) is 6.04 Å². The highest BCUT2D eigenvalue weighted by Gasteiger charge is 2.29. The third-order valence-electron chi connectivity index (χ3n) is 5.98. The van der Waals surface area contributed by atoms with Crippen molar-refractivity contribution in [1.29, 1.82) is 0 Å². The van der Waals surface area contributed by atoms with Gasteiger partial charge in [-0.25, -0.2) is 18.1 Å². The number of benzene rings is 2. The van der Waals surface area contributed by atoms with E-state index in [4.69, 9.17) is 0 Å². The van der Waals surface area contributed by atoms with E-state index in [9.17, 15) is 23.1 Å². The minimum atomic E-state index is -3.72. The van der Waals surface area contributed by atoms with Crippen molar-refractivity contribution in [2.75, 3.05) is 12.0 Å². The Kier molecular flexibility index (Phi) is 11.5. The van der Waals surface area contributed by atoms with E-state index >= 15 is 0 Å². The van der Waals surface area contributed by atoms with Crippen LogP contribution in [0.25, 0.3) is 0 Å². The average molecular weight is 599 g/mol. The number of nitrogens with one attached hydrogen (secondary N) is 3. The molecule has 0 radical (unpaired) electrons. The lowest BCUT2D eigenvalue weighted by atomic mass is 9.93. The molecule has 0 bridgehead atoms. The molecule has 4 N–H and O–H groups in total. The third-order valence-corrected chi connectivity index (χ3v) is 7.73. The predicted octanol–water partition coefficient (Wildman–Crippen LogP) is 2.95. The first-order chi connectivity index (χ1) is 19.3. The lowest BCUT2D eigenvalue weighted by molar-refractivity contribution is -0.123. The lowest BCUT2D eigenvalue weighted by Gasteiger charge is -2.28. The molecular formula is C30H38N4O5S2. The van der Waals surface area contributed by atoms with Crippen molar-refractivity contribution < 1.29 is 23.1 Å².